The third-order valence-electron chi connectivity index (χ3n) is 1.69. The Labute approximate surface area is 74.4 Å². The van der Waals surface area contributed by atoms with Crippen LogP contribution in [0.1, 0.15) is 0 Å². The molecule has 74 valence electrons. The van der Waals surface area contributed by atoms with Gasteiger partial charge in [-0.25, -0.2) is 0 Å². The van der Waals surface area contributed by atoms with E-state index in [1.54, 1.807) is 0 Å². The van der Waals surface area contributed by atoms with Crippen molar-refractivity contribution in [2.75, 3.05) is 12.7 Å². The van der Waals surface area contributed by atoms with Gasteiger partial charge in [-0.3, -0.25) is 14.7 Å². The molecule has 0 fully saturated rings. The van der Waals surface area contributed by atoms with E-state index in [2.05, 4.69) is 5.32 Å². The summed E-state index contributed by atoms with van der Waals surface area (Å²) in [7, 11) is -4.16. The van der Waals surface area contributed by atoms with Crippen molar-refractivity contribution < 1.29 is 24.3 Å². The molecular weight excluding hydrogens is 197 g/mol. The summed E-state index contributed by atoms with van der Waals surface area (Å²) in [5, 5.41) is 11.2. The molecule has 1 unspecified atom stereocenters. The van der Waals surface area contributed by atoms with Gasteiger partial charge in [0.2, 0.25) is 0 Å². The Morgan fingerprint density at radius 1 is 1.69 bits per heavy atom. The predicted octanol–water partition coefficient (Wildman–Crippen LogP) is -0.853. The molecule has 0 saturated carbocycles. The number of aliphatic carboxylic acids is 1. The molecule has 0 amide bonds. The minimum Gasteiger partial charge on any atom is -0.480 e. The summed E-state index contributed by atoms with van der Waals surface area (Å²) in [6, 6.07) is -0.951. The maximum Gasteiger partial charge on any atom is 0.329 e. The van der Waals surface area contributed by atoms with Gasteiger partial charge in [0.25, 0.3) is 0 Å². The molecule has 0 aliphatic carbocycles. The first-order chi connectivity index (χ1) is 5.90. The van der Waals surface area contributed by atoms with Gasteiger partial charge in [0.15, 0.2) is 0 Å². The van der Waals surface area contributed by atoms with E-state index in [0.29, 0.717) is 6.54 Å². The lowest BCUT2D eigenvalue weighted by Gasteiger charge is -2.11. The molecule has 1 heterocycles. The first kappa shape index (κ1) is 10.4. The molecule has 0 spiro atoms. The summed E-state index contributed by atoms with van der Waals surface area (Å²) in [5.41, 5.74) is 0.251. The van der Waals surface area contributed by atoms with Crippen LogP contribution in [-0.2, 0) is 9.36 Å². The first-order valence-electron chi connectivity index (χ1n) is 3.60. The zero-order valence-electron chi connectivity index (χ0n) is 6.67. The number of nitrogens with one attached hydrogen (secondary N) is 1. The lowest BCUT2D eigenvalue weighted by Crippen LogP contribution is -2.34. The summed E-state index contributed by atoms with van der Waals surface area (Å²) in [6.07, 6.45) is 1.01. The Kier molecular flexibility index (Phi) is 2.87. The molecule has 0 aromatic carbocycles. The fourth-order valence-electron chi connectivity index (χ4n) is 1.20. The lowest BCUT2D eigenvalue weighted by atomic mass is 10.2. The lowest BCUT2D eigenvalue weighted by molar-refractivity contribution is -0.138. The van der Waals surface area contributed by atoms with Crippen LogP contribution in [0, 0.1) is 0 Å². The van der Waals surface area contributed by atoms with Gasteiger partial charge < -0.3 is 14.9 Å². The number of carboxylic acids is 1. The fraction of sp³-hybridized carbons (Fsp3) is 0.500. The highest BCUT2D eigenvalue weighted by molar-refractivity contribution is 7.52. The van der Waals surface area contributed by atoms with E-state index >= 15 is 0 Å². The number of carbonyl (C=O) groups is 1. The van der Waals surface area contributed by atoms with Gasteiger partial charge in [0.05, 0.1) is 6.16 Å². The Morgan fingerprint density at radius 2 is 2.31 bits per heavy atom. The third kappa shape index (κ3) is 2.93. The van der Waals surface area contributed by atoms with Crippen molar-refractivity contribution in [2.45, 2.75) is 6.04 Å². The topological polar surface area (TPSA) is 107 Å². The average molecular weight is 207 g/mol. The zero-order valence-corrected chi connectivity index (χ0v) is 7.57. The Bertz CT molecular complexity index is 293. The second kappa shape index (κ2) is 3.59. The molecule has 13 heavy (non-hydrogen) atoms. The van der Waals surface area contributed by atoms with Crippen LogP contribution in [0.2, 0.25) is 0 Å². The first-order valence-corrected chi connectivity index (χ1v) is 5.39. The van der Waals surface area contributed by atoms with Gasteiger partial charge in [0.1, 0.15) is 6.04 Å². The summed E-state index contributed by atoms with van der Waals surface area (Å²) in [4.78, 5) is 27.8. The molecule has 1 atom stereocenters. The second-order valence-electron chi connectivity index (χ2n) is 2.78. The van der Waals surface area contributed by atoms with E-state index in [0.717, 1.165) is 0 Å². The molecule has 0 radical (unpaired) electrons. The van der Waals surface area contributed by atoms with Crippen LogP contribution in [0.5, 0.6) is 0 Å². The van der Waals surface area contributed by atoms with E-state index in [9.17, 15) is 9.36 Å². The molecule has 0 aromatic rings. The van der Waals surface area contributed by atoms with Crippen molar-refractivity contribution in [3.05, 3.63) is 11.6 Å². The van der Waals surface area contributed by atoms with Crippen molar-refractivity contribution in [1.82, 2.24) is 5.32 Å². The Hall–Kier alpha value is -0.680. The van der Waals surface area contributed by atoms with Gasteiger partial charge in [-0.2, -0.15) is 0 Å². The molecule has 0 aromatic heterocycles. The minimum absolute atomic E-state index is 0.251. The molecule has 1 aliphatic heterocycles. The van der Waals surface area contributed by atoms with Crippen LogP contribution in [0.15, 0.2) is 11.6 Å². The van der Waals surface area contributed by atoms with Crippen molar-refractivity contribution in [1.29, 1.82) is 0 Å². The quantitative estimate of drug-likeness (QED) is 0.354. The van der Waals surface area contributed by atoms with Gasteiger partial charge in [-0.05, 0) is 5.57 Å². The summed E-state index contributed by atoms with van der Waals surface area (Å²) in [6.45, 7) is 0.340. The second-order valence-corrected chi connectivity index (χ2v) is 4.43. The van der Waals surface area contributed by atoms with Gasteiger partial charge >= 0.3 is 13.6 Å². The van der Waals surface area contributed by atoms with Crippen molar-refractivity contribution in [3.8, 4) is 0 Å². The number of hydrogen-bond donors (Lipinski definition) is 4. The Balaban J connectivity index is 2.70. The average Bonchev–Trinajstić information content (AvgIpc) is 2.31. The predicted molar refractivity (Wildman–Crippen MR) is 44.4 cm³/mol. The minimum atomic E-state index is -4.16. The van der Waals surface area contributed by atoms with Crippen LogP contribution < -0.4 is 5.32 Å². The normalized spacial score (nSPS) is 22.9. The summed E-state index contributed by atoms with van der Waals surface area (Å²) < 4.78 is 10.6. The molecule has 6 nitrogen and oxygen atoms in total. The molecule has 4 N–H and O–H groups in total. The van der Waals surface area contributed by atoms with Gasteiger partial charge in [0, 0.05) is 6.54 Å². The largest absolute Gasteiger partial charge is 0.480 e. The number of carboxylic acid groups (broad SMARTS) is 1. The number of rotatable bonds is 3. The third-order valence-corrected chi connectivity index (χ3v) is 2.47. The fourth-order valence-corrected chi connectivity index (χ4v) is 1.98. The van der Waals surface area contributed by atoms with E-state index in [-0.39, 0.29) is 5.57 Å². The maximum absolute atomic E-state index is 10.6. The maximum atomic E-state index is 10.6. The molecule has 1 aliphatic rings. The molecule has 0 saturated heterocycles. The highest BCUT2D eigenvalue weighted by atomic mass is 31.2. The SMILES string of the molecule is O=C(O)C1NCC=C1CP(=O)(O)O. The van der Waals surface area contributed by atoms with Crippen LogP contribution >= 0.6 is 7.60 Å². The Morgan fingerprint density at radius 3 is 2.77 bits per heavy atom. The zero-order chi connectivity index (χ0) is 10.1. The molecule has 1 rings (SSSR count). The van der Waals surface area contributed by atoms with Crippen molar-refractivity contribution >= 4 is 13.6 Å². The van der Waals surface area contributed by atoms with Crippen LogP contribution in [-0.4, -0.2) is 39.6 Å². The van der Waals surface area contributed by atoms with Crippen LogP contribution in [0.25, 0.3) is 0 Å². The van der Waals surface area contributed by atoms with E-state index in [1.165, 1.54) is 6.08 Å². The smallest absolute Gasteiger partial charge is 0.329 e. The van der Waals surface area contributed by atoms with Gasteiger partial charge in [-0.15, -0.1) is 0 Å². The molecule has 0 bridgehead atoms. The standard InChI is InChI=1S/C6H10NO5P/c8-6(9)5-4(1-2-7-5)3-13(10,11)12/h1,5,7H,2-3H2,(H,8,9)(H2,10,11,12). The molecule has 7 heteroatoms. The summed E-state index contributed by atoms with van der Waals surface area (Å²) >= 11 is 0. The molecular formula is C6H10NO5P. The van der Waals surface area contributed by atoms with Gasteiger partial charge in [-0.1, -0.05) is 6.08 Å². The highest BCUT2D eigenvalue weighted by Crippen LogP contribution is 2.38. The van der Waals surface area contributed by atoms with Crippen LogP contribution in [0.3, 0.4) is 0 Å². The number of hydrogen-bond acceptors (Lipinski definition) is 3. The highest BCUT2D eigenvalue weighted by Gasteiger charge is 2.29. The van der Waals surface area contributed by atoms with Crippen LogP contribution in [0.4, 0.5) is 0 Å². The monoisotopic (exact) mass is 207 g/mol. The summed E-state index contributed by atoms with van der Waals surface area (Å²) in [5.74, 6) is -1.11. The van der Waals surface area contributed by atoms with E-state index < -0.39 is 25.8 Å². The van der Waals surface area contributed by atoms with E-state index in [4.69, 9.17) is 14.9 Å². The van der Waals surface area contributed by atoms with Crippen molar-refractivity contribution in [3.63, 3.8) is 0 Å². The van der Waals surface area contributed by atoms with Crippen molar-refractivity contribution in [2.24, 2.45) is 0 Å². The van der Waals surface area contributed by atoms with E-state index in [1.807, 2.05) is 0 Å².